The van der Waals surface area contributed by atoms with Gasteiger partial charge in [0.2, 0.25) is 11.8 Å². The van der Waals surface area contributed by atoms with Gasteiger partial charge in [-0.2, -0.15) is 0 Å². The van der Waals surface area contributed by atoms with Crippen molar-refractivity contribution in [2.45, 2.75) is 45.7 Å². The minimum absolute atomic E-state index is 0.223. The van der Waals surface area contributed by atoms with Crippen LogP contribution in [0.4, 0.5) is 5.69 Å². The number of nitrogens with one attached hydrogen (secondary N) is 2. The van der Waals surface area contributed by atoms with Crippen LogP contribution in [0.25, 0.3) is 0 Å². The fraction of sp³-hybridized carbons (Fsp3) is 0.333. The zero-order chi connectivity index (χ0) is 29.3. The maximum Gasteiger partial charge on any atom is 0.338 e. The first-order valence-electron chi connectivity index (χ1n) is 13.0. The van der Waals surface area contributed by atoms with Gasteiger partial charge in [-0.15, -0.1) is 11.3 Å². The summed E-state index contributed by atoms with van der Waals surface area (Å²) in [6.45, 7) is 7.33. The third-order valence-electron chi connectivity index (χ3n) is 6.33. The summed E-state index contributed by atoms with van der Waals surface area (Å²) in [7, 11) is 1.52. The number of anilines is 1. The number of thiophene rings is 1. The number of carbonyl (C=O) groups is 4. The first kappa shape index (κ1) is 30.4. The van der Waals surface area contributed by atoms with Gasteiger partial charge in [-0.05, 0) is 80.6 Å². The van der Waals surface area contributed by atoms with Gasteiger partial charge < -0.3 is 20.1 Å². The quantitative estimate of drug-likeness (QED) is 0.307. The molecule has 2 aromatic carbocycles. The van der Waals surface area contributed by atoms with Crippen LogP contribution in [0.2, 0.25) is 0 Å². The van der Waals surface area contributed by atoms with Gasteiger partial charge >= 0.3 is 5.97 Å². The Kier molecular flexibility index (Phi) is 10.4. The first-order chi connectivity index (χ1) is 19.1. The van der Waals surface area contributed by atoms with Crippen LogP contribution in [-0.2, 0) is 14.3 Å². The van der Waals surface area contributed by atoms with Gasteiger partial charge in [-0.25, -0.2) is 4.79 Å². The molecule has 0 aliphatic heterocycles. The number of benzene rings is 2. The van der Waals surface area contributed by atoms with Gasteiger partial charge in [0.25, 0.3) is 5.91 Å². The lowest BCUT2D eigenvalue weighted by molar-refractivity contribution is -0.127. The Morgan fingerprint density at radius 1 is 1.00 bits per heavy atom. The normalized spacial score (nSPS) is 11.7. The highest BCUT2D eigenvalue weighted by molar-refractivity contribution is 7.12. The average molecular weight is 566 g/mol. The number of amides is 3. The van der Waals surface area contributed by atoms with E-state index in [1.165, 1.54) is 35.5 Å². The summed E-state index contributed by atoms with van der Waals surface area (Å²) in [5, 5.41) is 7.48. The molecule has 9 nitrogen and oxygen atoms in total. The number of methoxy groups -OCH3 is 1. The van der Waals surface area contributed by atoms with Gasteiger partial charge in [0.1, 0.15) is 11.8 Å². The van der Waals surface area contributed by atoms with Crippen molar-refractivity contribution < 1.29 is 28.7 Å². The van der Waals surface area contributed by atoms with Crippen molar-refractivity contribution in [2.24, 2.45) is 0 Å². The van der Waals surface area contributed by atoms with Crippen molar-refractivity contribution in [2.75, 3.05) is 25.2 Å². The molecule has 3 amide bonds. The van der Waals surface area contributed by atoms with Crippen molar-refractivity contribution >= 4 is 40.7 Å². The summed E-state index contributed by atoms with van der Waals surface area (Å²) in [4.78, 5) is 54.4. The minimum atomic E-state index is -1.11. The number of carbonyl (C=O) groups excluding carboxylic acids is 4. The molecular weight excluding hydrogens is 530 g/mol. The Morgan fingerprint density at radius 2 is 1.73 bits per heavy atom. The van der Waals surface area contributed by atoms with E-state index in [9.17, 15) is 19.2 Å². The van der Waals surface area contributed by atoms with Gasteiger partial charge in [-0.3, -0.25) is 19.3 Å². The molecule has 2 N–H and O–H groups in total. The average Bonchev–Trinajstić information content (AvgIpc) is 3.50. The highest BCUT2D eigenvalue weighted by Gasteiger charge is 2.35. The van der Waals surface area contributed by atoms with Crippen LogP contribution >= 0.6 is 11.3 Å². The number of rotatable bonds is 12. The second kappa shape index (κ2) is 13.7. The molecule has 0 aliphatic rings. The molecule has 3 rings (SSSR count). The predicted molar refractivity (Wildman–Crippen MR) is 155 cm³/mol. The van der Waals surface area contributed by atoms with Gasteiger partial charge in [-0.1, -0.05) is 25.1 Å². The second-order valence-corrected chi connectivity index (χ2v) is 10.5. The molecule has 0 fully saturated rings. The van der Waals surface area contributed by atoms with Crippen LogP contribution in [0.5, 0.6) is 5.75 Å². The van der Waals surface area contributed by atoms with Crippen LogP contribution in [-0.4, -0.2) is 49.5 Å². The van der Waals surface area contributed by atoms with Crippen LogP contribution in [0.1, 0.15) is 65.8 Å². The third kappa shape index (κ3) is 7.69. The molecule has 0 bridgehead atoms. The fourth-order valence-corrected chi connectivity index (χ4v) is 4.51. The smallest absolute Gasteiger partial charge is 0.338 e. The van der Waals surface area contributed by atoms with Crippen molar-refractivity contribution in [3.8, 4) is 5.75 Å². The van der Waals surface area contributed by atoms with E-state index in [4.69, 9.17) is 9.47 Å². The van der Waals surface area contributed by atoms with E-state index in [0.29, 0.717) is 33.9 Å². The van der Waals surface area contributed by atoms with Gasteiger partial charge in [0.15, 0.2) is 0 Å². The molecular formula is C30H35N3O6S. The van der Waals surface area contributed by atoms with Crippen molar-refractivity contribution in [3.63, 3.8) is 0 Å². The van der Waals surface area contributed by atoms with Crippen molar-refractivity contribution in [3.05, 3.63) is 82.0 Å². The first-order valence-corrected chi connectivity index (χ1v) is 13.8. The molecule has 1 heterocycles. The lowest BCUT2D eigenvalue weighted by Crippen LogP contribution is -2.52. The Hall–Kier alpha value is -4.18. The van der Waals surface area contributed by atoms with Crippen LogP contribution in [0, 0.1) is 0 Å². The van der Waals surface area contributed by atoms with Crippen molar-refractivity contribution in [1.82, 2.24) is 10.6 Å². The molecule has 0 spiro atoms. The van der Waals surface area contributed by atoms with Crippen LogP contribution in [0.3, 0.4) is 0 Å². The SMILES string of the molecule is CCOC(=O)c1ccc(N(C(=O)CNC(=O)c2cccs2)C(C(=O)NC(C)(C)CC)c2cccc(OC)c2)cc1. The number of hydrogen-bond donors (Lipinski definition) is 2. The summed E-state index contributed by atoms with van der Waals surface area (Å²) in [5.74, 6) is -1.31. The Labute approximate surface area is 238 Å². The zero-order valence-corrected chi connectivity index (χ0v) is 24.2. The second-order valence-electron chi connectivity index (χ2n) is 9.60. The summed E-state index contributed by atoms with van der Waals surface area (Å²) in [6.07, 6.45) is 0.655. The molecule has 0 saturated carbocycles. The number of hydrogen-bond acceptors (Lipinski definition) is 7. The summed E-state index contributed by atoms with van der Waals surface area (Å²) < 4.78 is 10.5. The van der Waals surface area contributed by atoms with E-state index in [2.05, 4.69) is 10.6 Å². The highest BCUT2D eigenvalue weighted by Crippen LogP contribution is 2.31. The molecule has 40 heavy (non-hydrogen) atoms. The van der Waals surface area contributed by atoms with E-state index in [-0.39, 0.29) is 13.2 Å². The third-order valence-corrected chi connectivity index (χ3v) is 7.20. The molecule has 0 saturated heterocycles. The molecule has 10 heteroatoms. The summed E-state index contributed by atoms with van der Waals surface area (Å²) in [6, 6.07) is 15.5. The maximum atomic E-state index is 13.9. The fourth-order valence-electron chi connectivity index (χ4n) is 3.87. The Balaban J connectivity index is 2.08. The molecule has 1 aromatic heterocycles. The van der Waals surface area contributed by atoms with E-state index in [1.54, 1.807) is 60.8 Å². The number of esters is 1. The lowest BCUT2D eigenvalue weighted by Gasteiger charge is -2.35. The Bertz CT molecular complexity index is 1320. The van der Waals surface area contributed by atoms with Crippen molar-refractivity contribution in [1.29, 1.82) is 0 Å². The van der Waals surface area contributed by atoms with Crippen LogP contribution < -0.4 is 20.3 Å². The minimum Gasteiger partial charge on any atom is -0.497 e. The summed E-state index contributed by atoms with van der Waals surface area (Å²) in [5.41, 5.74) is 0.625. The molecule has 1 atom stereocenters. The van der Waals surface area contributed by atoms with E-state index in [1.807, 2.05) is 20.8 Å². The van der Waals surface area contributed by atoms with E-state index < -0.39 is 35.3 Å². The topological polar surface area (TPSA) is 114 Å². The van der Waals surface area contributed by atoms with E-state index >= 15 is 0 Å². The lowest BCUT2D eigenvalue weighted by atomic mass is 9.98. The predicted octanol–water partition coefficient (Wildman–Crippen LogP) is 4.74. The van der Waals surface area contributed by atoms with Crippen LogP contribution in [0.15, 0.2) is 66.0 Å². The monoisotopic (exact) mass is 565 g/mol. The van der Waals surface area contributed by atoms with Gasteiger partial charge in [0.05, 0.1) is 30.7 Å². The number of nitrogens with zero attached hydrogens (tertiary/aromatic N) is 1. The summed E-state index contributed by atoms with van der Waals surface area (Å²) >= 11 is 1.26. The highest BCUT2D eigenvalue weighted by atomic mass is 32.1. The largest absolute Gasteiger partial charge is 0.497 e. The number of ether oxygens (including phenoxy) is 2. The molecule has 212 valence electrons. The molecule has 1 unspecified atom stereocenters. The van der Waals surface area contributed by atoms with E-state index in [0.717, 1.165) is 0 Å². The Morgan fingerprint density at radius 3 is 2.33 bits per heavy atom. The molecule has 0 radical (unpaired) electrons. The van der Waals surface area contributed by atoms with Gasteiger partial charge in [0, 0.05) is 11.2 Å². The molecule has 0 aliphatic carbocycles. The standard InChI is InChI=1S/C30H35N3O6S/c1-6-30(3,4)32-28(36)26(21-10-8-11-23(18-21)38-5)33(22-15-13-20(14-16-22)29(37)39-7-2)25(34)19-31-27(35)24-12-9-17-40-24/h8-18,26H,6-7,19H2,1-5H3,(H,31,35)(H,32,36). The maximum absolute atomic E-state index is 13.9. The molecule has 3 aromatic rings. The zero-order valence-electron chi connectivity index (χ0n) is 23.4.